The van der Waals surface area contributed by atoms with Crippen LogP contribution in [0.3, 0.4) is 0 Å². The number of rotatable bonds is 9. The van der Waals surface area contributed by atoms with E-state index in [9.17, 15) is 5.11 Å². The Kier molecular flexibility index (Phi) is 7.87. The van der Waals surface area contributed by atoms with Crippen LogP contribution in [0.2, 0.25) is 0 Å². The second kappa shape index (κ2) is 9.51. The maximum absolute atomic E-state index is 10.3. The highest BCUT2D eigenvalue weighted by Gasteiger charge is 2.48. The summed E-state index contributed by atoms with van der Waals surface area (Å²) in [5.74, 6) is 0. The fraction of sp³-hybridized carbons (Fsp3) is 0.739. The topological polar surface area (TPSA) is 41.9 Å². The molecule has 4 heteroatoms. The number of piperidine rings is 1. The highest BCUT2D eigenvalue weighted by atomic mass is 16.7. The first-order valence-electron chi connectivity index (χ1n) is 10.5. The van der Waals surface area contributed by atoms with Crippen molar-refractivity contribution in [3.05, 3.63) is 35.9 Å². The first-order chi connectivity index (χ1) is 12.7. The third kappa shape index (κ3) is 6.28. The van der Waals surface area contributed by atoms with Crippen LogP contribution >= 0.6 is 0 Å². The second-order valence-electron chi connectivity index (χ2n) is 9.19. The molecule has 1 aromatic carbocycles. The minimum atomic E-state index is -0.663. The Bertz CT molecular complexity index is 540. The maximum atomic E-state index is 10.3. The summed E-state index contributed by atoms with van der Waals surface area (Å²) >= 11 is 0. The van der Waals surface area contributed by atoms with Gasteiger partial charge in [-0.25, -0.2) is 0 Å². The minimum absolute atomic E-state index is 0.0122. The van der Waals surface area contributed by atoms with E-state index >= 15 is 0 Å². The Labute approximate surface area is 165 Å². The summed E-state index contributed by atoms with van der Waals surface area (Å²) in [7, 11) is 0. The van der Waals surface area contributed by atoms with E-state index in [0.717, 1.165) is 38.5 Å². The van der Waals surface area contributed by atoms with E-state index in [1.807, 2.05) is 18.2 Å². The zero-order chi connectivity index (χ0) is 20.1. The summed E-state index contributed by atoms with van der Waals surface area (Å²) in [5, 5.41) is 12.4. The monoisotopic (exact) mass is 377 g/mol. The van der Waals surface area contributed by atoms with E-state index in [2.05, 4.69) is 58.7 Å². The van der Waals surface area contributed by atoms with Crippen molar-refractivity contribution in [1.82, 2.24) is 5.06 Å². The van der Waals surface area contributed by atoms with Crippen molar-refractivity contribution >= 4 is 0 Å². The lowest BCUT2D eigenvalue weighted by atomic mass is 9.80. The lowest BCUT2D eigenvalue weighted by molar-refractivity contribution is -0.322. The van der Waals surface area contributed by atoms with Crippen molar-refractivity contribution in [2.24, 2.45) is 0 Å². The van der Waals surface area contributed by atoms with Crippen molar-refractivity contribution in [2.45, 2.75) is 110 Å². The third-order valence-electron chi connectivity index (χ3n) is 5.49. The molecular formula is C23H39NO3. The normalized spacial score (nSPS) is 22.5. The summed E-state index contributed by atoms with van der Waals surface area (Å²) in [6, 6.07) is 10.3. The summed E-state index contributed by atoms with van der Waals surface area (Å²) in [5.41, 5.74) is 0.811. The molecule has 0 aliphatic carbocycles. The third-order valence-corrected chi connectivity index (χ3v) is 5.49. The molecule has 0 amide bonds. The summed E-state index contributed by atoms with van der Waals surface area (Å²) < 4.78 is 6.02. The molecule has 2 rings (SSSR count). The lowest BCUT2D eigenvalue weighted by Crippen LogP contribution is -2.62. The quantitative estimate of drug-likeness (QED) is 0.448. The number of aliphatic hydroxyl groups excluding tert-OH is 1. The van der Waals surface area contributed by atoms with Crippen LogP contribution in [0.1, 0.15) is 91.7 Å². The highest BCUT2D eigenvalue weighted by molar-refractivity contribution is 5.16. The van der Waals surface area contributed by atoms with Crippen molar-refractivity contribution in [3.63, 3.8) is 0 Å². The molecule has 2 unspecified atom stereocenters. The summed E-state index contributed by atoms with van der Waals surface area (Å²) in [6.07, 6.45) is 5.07. The van der Waals surface area contributed by atoms with Crippen molar-refractivity contribution in [2.75, 3.05) is 0 Å². The molecular weight excluding hydrogens is 338 g/mol. The highest BCUT2D eigenvalue weighted by Crippen LogP contribution is 2.42. The maximum Gasteiger partial charge on any atom is 0.154 e. The Morgan fingerprint density at radius 2 is 1.67 bits per heavy atom. The fourth-order valence-corrected chi connectivity index (χ4v) is 4.36. The zero-order valence-electron chi connectivity index (χ0n) is 18.1. The molecule has 1 heterocycles. The van der Waals surface area contributed by atoms with Gasteiger partial charge in [-0.3, -0.25) is 4.84 Å². The molecule has 154 valence electrons. The van der Waals surface area contributed by atoms with Crippen LogP contribution in [-0.2, 0) is 9.57 Å². The molecule has 1 aliphatic rings. The molecule has 1 N–H and O–H groups in total. The van der Waals surface area contributed by atoms with Crippen LogP contribution in [0.25, 0.3) is 0 Å². The van der Waals surface area contributed by atoms with Crippen molar-refractivity contribution in [3.8, 4) is 0 Å². The SMILES string of the molecule is CCCCCC(O)OC1CC(C)(C)N(OC(C)c2ccccc2)C(C)(C)C1. The molecule has 1 aromatic rings. The van der Waals surface area contributed by atoms with E-state index < -0.39 is 6.29 Å². The molecule has 1 aliphatic heterocycles. The fourth-order valence-electron chi connectivity index (χ4n) is 4.36. The zero-order valence-corrected chi connectivity index (χ0v) is 18.1. The van der Waals surface area contributed by atoms with Crippen molar-refractivity contribution < 1.29 is 14.7 Å². The Balaban J connectivity index is 2.01. The van der Waals surface area contributed by atoms with E-state index in [1.54, 1.807) is 0 Å². The number of benzene rings is 1. The van der Waals surface area contributed by atoms with Gasteiger partial charge in [0, 0.05) is 11.1 Å². The summed E-state index contributed by atoms with van der Waals surface area (Å²) in [6.45, 7) is 13.1. The van der Waals surface area contributed by atoms with Gasteiger partial charge in [-0.2, -0.15) is 5.06 Å². The molecule has 0 radical (unpaired) electrons. The number of ether oxygens (including phenoxy) is 1. The Morgan fingerprint density at radius 3 is 2.22 bits per heavy atom. The van der Waals surface area contributed by atoms with Gasteiger partial charge < -0.3 is 9.84 Å². The predicted octanol–water partition coefficient (Wildman–Crippen LogP) is 5.62. The van der Waals surface area contributed by atoms with Crippen LogP contribution in [0.4, 0.5) is 0 Å². The Hall–Kier alpha value is -0.940. The van der Waals surface area contributed by atoms with Crippen LogP contribution in [0.15, 0.2) is 30.3 Å². The van der Waals surface area contributed by atoms with E-state index in [4.69, 9.17) is 9.57 Å². The van der Waals surface area contributed by atoms with Crippen LogP contribution in [0, 0.1) is 0 Å². The van der Waals surface area contributed by atoms with Crippen LogP contribution in [-0.4, -0.2) is 33.6 Å². The second-order valence-corrected chi connectivity index (χ2v) is 9.19. The molecule has 27 heavy (non-hydrogen) atoms. The predicted molar refractivity (Wildman–Crippen MR) is 110 cm³/mol. The van der Waals surface area contributed by atoms with E-state index in [0.29, 0.717) is 0 Å². The molecule has 1 fully saturated rings. The van der Waals surface area contributed by atoms with Crippen molar-refractivity contribution in [1.29, 1.82) is 0 Å². The van der Waals surface area contributed by atoms with Crippen LogP contribution < -0.4 is 0 Å². The van der Waals surface area contributed by atoms with Gasteiger partial charge in [0.2, 0.25) is 0 Å². The van der Waals surface area contributed by atoms with E-state index in [-0.39, 0.29) is 23.3 Å². The Morgan fingerprint density at radius 1 is 1.07 bits per heavy atom. The van der Waals surface area contributed by atoms with Gasteiger partial charge in [-0.1, -0.05) is 50.1 Å². The van der Waals surface area contributed by atoms with Gasteiger partial charge in [-0.05, 0) is 65.9 Å². The molecule has 4 nitrogen and oxygen atoms in total. The molecule has 0 bridgehead atoms. The number of nitrogens with zero attached hydrogens (tertiary/aromatic N) is 1. The van der Waals surface area contributed by atoms with Gasteiger partial charge in [-0.15, -0.1) is 0 Å². The van der Waals surface area contributed by atoms with Gasteiger partial charge in [0.05, 0.1) is 6.10 Å². The van der Waals surface area contributed by atoms with Gasteiger partial charge in [0.25, 0.3) is 0 Å². The number of hydrogen-bond acceptors (Lipinski definition) is 4. The first-order valence-corrected chi connectivity index (χ1v) is 10.5. The van der Waals surface area contributed by atoms with Crippen LogP contribution in [0.5, 0.6) is 0 Å². The van der Waals surface area contributed by atoms with Gasteiger partial charge in [0.15, 0.2) is 6.29 Å². The lowest BCUT2D eigenvalue weighted by Gasteiger charge is -2.54. The summed E-state index contributed by atoms with van der Waals surface area (Å²) in [4.78, 5) is 6.46. The minimum Gasteiger partial charge on any atom is -0.368 e. The van der Waals surface area contributed by atoms with Gasteiger partial charge in [0.1, 0.15) is 6.10 Å². The average molecular weight is 378 g/mol. The number of hydroxylamine groups is 2. The average Bonchev–Trinajstić information content (AvgIpc) is 2.58. The molecule has 1 saturated heterocycles. The molecule has 0 saturated carbocycles. The largest absolute Gasteiger partial charge is 0.368 e. The molecule has 0 aromatic heterocycles. The number of hydrogen-bond donors (Lipinski definition) is 1. The molecule has 0 spiro atoms. The standard InChI is InChI=1S/C23H39NO3/c1-7-8-10-15-21(25)26-20-16-22(3,4)24(23(5,6)17-20)27-18(2)19-13-11-9-12-14-19/h9,11-14,18,20-21,25H,7-8,10,15-17H2,1-6H3. The first kappa shape index (κ1) is 22.4. The number of unbranched alkanes of at least 4 members (excludes halogenated alkanes) is 2. The smallest absolute Gasteiger partial charge is 0.154 e. The van der Waals surface area contributed by atoms with E-state index in [1.165, 1.54) is 5.56 Å². The van der Waals surface area contributed by atoms with Gasteiger partial charge >= 0.3 is 0 Å². The molecule has 2 atom stereocenters. The number of aliphatic hydroxyl groups is 1.